The van der Waals surface area contributed by atoms with Gasteiger partial charge in [0.15, 0.2) is 111 Å². The molecule has 6 aliphatic rings. The highest BCUT2D eigenvalue weighted by Gasteiger charge is 2.66. The molecule has 0 spiro atoms. The molecule has 0 aliphatic carbocycles. The summed E-state index contributed by atoms with van der Waals surface area (Å²) < 4.78 is 354. The molecule has 8 bridgehead atoms. The Kier molecular flexibility index (Phi) is 14.6. The summed E-state index contributed by atoms with van der Waals surface area (Å²) in [6.07, 6.45) is -8.26. The Hall–Kier alpha value is -8.72. The Morgan fingerprint density at radius 2 is 0.713 bits per heavy atom. The lowest BCUT2D eigenvalue weighted by Crippen LogP contribution is -2.61. The van der Waals surface area contributed by atoms with Crippen molar-refractivity contribution in [3.8, 4) is 44.5 Å². The van der Waals surface area contributed by atoms with Crippen LogP contribution < -0.4 is 0 Å². The standard InChI is InChI=1S/C63H35F20N5O6/c1-62(2)90-58-57(89-61-60(59(58)91-62)92-63(3,4)93-61)55-32-53-26(30-37(68)45(76)51(82)46(77)38(30)69)22-14-12-20(85-22)24(28-33(64)41(72)49(80)42(73)34(28)65)18-10-11-19(84-18)25(29-35(66)43(74)50(81)44(75)36(29)67)21-13-15-23(86-21)27(31-39(70)47(78)52(83)48(79)40(31)71)54(87-53)56(32)94-88(55)16-17-8-6-5-7-9-17/h5-15,32,55-61,85-86H,16H2,1-4H3/t32-,55+,56+,57-,58+,59+,60-,61-/m1/s1. The molecule has 6 aliphatic heterocycles. The van der Waals surface area contributed by atoms with Gasteiger partial charge in [-0.3, -0.25) is 9.82 Å². The first-order chi connectivity index (χ1) is 44.4. The molecule has 0 amide bonds. The summed E-state index contributed by atoms with van der Waals surface area (Å²) in [4.78, 5) is 20.2. The molecular weight excluding hydrogens is 1300 g/mol. The lowest BCUT2D eigenvalue weighted by atomic mass is 9.81. The monoisotopic (exact) mass is 1340 g/mol. The largest absolute Gasteiger partial charge is 0.354 e. The zero-order valence-electron chi connectivity index (χ0n) is 47.5. The SMILES string of the molecule is CC1(C)O[C@@H]2[C@H](O1)[C@H]1OC(C)(C)O[C@H]1O[C@@H]2[C@@H]1[C@H]2c3nc(c(-c4c(F)c(F)c(F)c(F)c4F)c4ccc([nH]4)c(-c4c(F)c(F)c(F)c(F)c4F)c4nc(c(-c5c(F)c(F)c(F)c(F)c5F)c5ccc([nH]5)c3-c3c(F)c(F)c(F)c(F)c3F)C=C4)[C@H]2ON1Cc1ccccc1. The van der Waals surface area contributed by atoms with Gasteiger partial charge in [0.2, 0.25) is 23.3 Å². The van der Waals surface area contributed by atoms with Crippen LogP contribution in [0.3, 0.4) is 0 Å². The summed E-state index contributed by atoms with van der Waals surface area (Å²) in [6.45, 7) is 5.34. The van der Waals surface area contributed by atoms with Crippen LogP contribution in [0.1, 0.15) is 68.1 Å². The van der Waals surface area contributed by atoms with E-state index in [0.29, 0.717) is 42.0 Å². The number of hydroxylamine groups is 2. The Labute approximate surface area is 512 Å². The summed E-state index contributed by atoms with van der Waals surface area (Å²) in [5, 5.41) is 1.05. The van der Waals surface area contributed by atoms with Gasteiger partial charge in [-0.2, -0.15) is 5.06 Å². The molecule has 0 saturated carbocycles. The van der Waals surface area contributed by atoms with E-state index in [1.54, 1.807) is 6.07 Å². The number of benzene rings is 5. The van der Waals surface area contributed by atoms with Gasteiger partial charge in [0.25, 0.3) is 0 Å². The predicted molar refractivity (Wildman–Crippen MR) is 286 cm³/mol. The molecule has 4 fully saturated rings. The molecule has 2 N–H and O–H groups in total. The highest BCUT2D eigenvalue weighted by molar-refractivity contribution is 5.98. The van der Waals surface area contributed by atoms with Crippen LogP contribution in [-0.2, 0) is 35.1 Å². The third-order valence-corrected chi connectivity index (χ3v) is 16.8. The number of hydrogen-bond acceptors (Lipinski definition) is 9. The van der Waals surface area contributed by atoms with Crippen molar-refractivity contribution in [2.75, 3.05) is 0 Å². The quantitative estimate of drug-likeness (QED) is 0.0914. The van der Waals surface area contributed by atoms with Gasteiger partial charge in [0, 0.05) is 50.9 Å². The fourth-order valence-corrected chi connectivity index (χ4v) is 13.0. The molecule has 4 saturated heterocycles. The average molecular weight is 1340 g/mol. The molecule has 94 heavy (non-hydrogen) atoms. The lowest BCUT2D eigenvalue weighted by molar-refractivity contribution is -0.265. The van der Waals surface area contributed by atoms with Crippen LogP contribution in [0.25, 0.3) is 78.7 Å². The van der Waals surface area contributed by atoms with Crippen molar-refractivity contribution in [1.29, 1.82) is 0 Å². The summed E-state index contributed by atoms with van der Waals surface area (Å²) in [6, 6.07) is 8.35. The normalized spacial score (nSPS) is 22.8. The maximum Gasteiger partial charge on any atom is 0.200 e. The summed E-state index contributed by atoms with van der Waals surface area (Å²) in [7, 11) is 0. The zero-order valence-corrected chi connectivity index (χ0v) is 47.5. The zero-order chi connectivity index (χ0) is 67.1. The van der Waals surface area contributed by atoms with Gasteiger partial charge in [0.1, 0.15) is 30.5 Å². The van der Waals surface area contributed by atoms with Gasteiger partial charge in [-0.25, -0.2) is 92.8 Å². The second-order valence-electron chi connectivity index (χ2n) is 23.2. The number of ether oxygens (including phenoxy) is 5. The van der Waals surface area contributed by atoms with E-state index in [9.17, 15) is 8.78 Å². The second kappa shape index (κ2) is 21.9. The van der Waals surface area contributed by atoms with E-state index >= 15 is 79.0 Å². The van der Waals surface area contributed by atoms with Crippen molar-refractivity contribution >= 4 is 34.2 Å². The van der Waals surface area contributed by atoms with Crippen LogP contribution in [0, 0.1) is 116 Å². The van der Waals surface area contributed by atoms with Crippen LogP contribution in [0.4, 0.5) is 87.8 Å². The minimum atomic E-state index is -2.78. The fraction of sp³-hybridized carbons (Fsp3) is 0.238. The molecule has 488 valence electrons. The molecule has 8 aromatic rings. The smallest absolute Gasteiger partial charge is 0.200 e. The van der Waals surface area contributed by atoms with Crippen molar-refractivity contribution in [2.24, 2.45) is 0 Å². The minimum absolute atomic E-state index is 0.296. The third-order valence-electron chi connectivity index (χ3n) is 16.8. The van der Waals surface area contributed by atoms with Gasteiger partial charge in [-0.15, -0.1) is 0 Å². The molecular formula is C63H35F20N5O6. The average Bonchev–Trinajstić information content (AvgIpc) is 1.54. The molecule has 31 heteroatoms. The first-order valence-corrected chi connectivity index (χ1v) is 27.8. The minimum Gasteiger partial charge on any atom is -0.354 e. The molecule has 0 unspecified atom stereocenters. The topological polar surface area (TPSA) is 116 Å². The van der Waals surface area contributed by atoms with Gasteiger partial charge in [-0.05, 0) is 69.7 Å². The van der Waals surface area contributed by atoms with Gasteiger partial charge >= 0.3 is 0 Å². The van der Waals surface area contributed by atoms with Crippen LogP contribution in [0.15, 0.2) is 54.6 Å². The number of rotatable bonds is 7. The van der Waals surface area contributed by atoms with Crippen molar-refractivity contribution in [2.45, 2.75) is 94.6 Å². The first kappa shape index (κ1) is 62.7. The van der Waals surface area contributed by atoms with E-state index in [-0.39, 0.29) is 0 Å². The van der Waals surface area contributed by atoms with Crippen LogP contribution >= 0.6 is 0 Å². The number of fused-ring (bicyclic) bond motifs is 14. The number of aromatic nitrogens is 4. The lowest BCUT2D eigenvalue weighted by Gasteiger charge is -2.42. The van der Waals surface area contributed by atoms with E-state index in [4.69, 9.17) is 28.5 Å². The Bertz CT molecular complexity index is 4740. The van der Waals surface area contributed by atoms with Crippen LogP contribution in [-0.4, -0.2) is 73.3 Å². The van der Waals surface area contributed by atoms with Crippen LogP contribution in [0.2, 0.25) is 0 Å². The number of halogens is 20. The molecule has 0 radical (unpaired) electrons. The Morgan fingerprint density at radius 1 is 0.372 bits per heavy atom. The Morgan fingerprint density at radius 3 is 1.13 bits per heavy atom. The number of H-pyrrole nitrogens is 2. The molecule has 11 nitrogen and oxygen atoms in total. The molecule has 5 aromatic carbocycles. The Balaban J connectivity index is 1.22. The maximum atomic E-state index is 17.3. The van der Waals surface area contributed by atoms with Crippen LogP contribution in [0.5, 0.6) is 0 Å². The molecule has 3 aromatic heterocycles. The second-order valence-corrected chi connectivity index (χ2v) is 23.2. The summed E-state index contributed by atoms with van der Waals surface area (Å²) in [5.41, 5.74) is -21.4. The third kappa shape index (κ3) is 9.30. The molecule has 9 heterocycles. The number of hydrogen-bond donors (Lipinski definition) is 2. The van der Waals surface area contributed by atoms with Crippen molar-refractivity contribution in [1.82, 2.24) is 25.0 Å². The van der Waals surface area contributed by atoms with Gasteiger partial charge < -0.3 is 33.7 Å². The van der Waals surface area contributed by atoms with Crippen molar-refractivity contribution < 1.29 is 116 Å². The van der Waals surface area contributed by atoms with E-state index in [2.05, 4.69) is 19.9 Å². The van der Waals surface area contributed by atoms with Crippen molar-refractivity contribution in [3.63, 3.8) is 0 Å². The van der Waals surface area contributed by atoms with E-state index in [0.717, 1.165) is 5.06 Å². The predicted octanol–water partition coefficient (Wildman–Crippen LogP) is 16.0. The highest BCUT2D eigenvalue weighted by atomic mass is 19.2. The molecule has 14 rings (SSSR count). The summed E-state index contributed by atoms with van der Waals surface area (Å²) in [5.74, 6) is -59.0. The first-order valence-electron chi connectivity index (χ1n) is 27.8. The summed E-state index contributed by atoms with van der Waals surface area (Å²) >= 11 is 0. The van der Waals surface area contributed by atoms with E-state index in [1.165, 1.54) is 52.0 Å². The maximum absolute atomic E-state index is 17.3. The number of nitrogens with one attached hydrogen (secondary N) is 2. The van der Waals surface area contributed by atoms with Gasteiger partial charge in [0.05, 0.1) is 57.0 Å². The van der Waals surface area contributed by atoms with E-state index in [1.807, 2.05) is 0 Å². The highest BCUT2D eigenvalue weighted by Crippen LogP contribution is 2.58. The number of aromatic amines is 2. The molecule has 8 atom stereocenters. The van der Waals surface area contributed by atoms with Gasteiger partial charge in [-0.1, -0.05) is 30.3 Å². The van der Waals surface area contributed by atoms with E-state index < -0.39 is 273 Å². The fourth-order valence-electron chi connectivity index (χ4n) is 13.0. The number of nitrogens with zero attached hydrogens (tertiary/aromatic N) is 3. The van der Waals surface area contributed by atoms with Crippen molar-refractivity contribution in [3.05, 3.63) is 199 Å².